The summed E-state index contributed by atoms with van der Waals surface area (Å²) in [4.78, 5) is 0. The molecule has 0 heterocycles. The summed E-state index contributed by atoms with van der Waals surface area (Å²) in [6, 6.07) is 80.6. The molecule has 0 saturated heterocycles. The predicted molar refractivity (Wildman–Crippen MR) is 339 cm³/mol. The fourth-order valence-corrected chi connectivity index (χ4v) is 16.1. The van der Waals surface area contributed by atoms with Crippen LogP contribution in [0.1, 0.15) is 112 Å². The smallest absolute Gasteiger partial charge is 0.0210 e. The Bertz CT molecular complexity index is 4580. The highest BCUT2D eigenvalue weighted by atomic mass is 14.5. The molecule has 3 aliphatic carbocycles. The normalized spacial score (nSPS) is 14.8. The molecule has 15 rings (SSSR count). The highest BCUT2D eigenvalue weighted by molar-refractivity contribution is 6.30. The van der Waals surface area contributed by atoms with Crippen LogP contribution in [0.5, 0.6) is 0 Å². The van der Waals surface area contributed by atoms with Gasteiger partial charge in [0, 0.05) is 16.2 Å². The minimum atomic E-state index is -0.127. The van der Waals surface area contributed by atoms with Crippen LogP contribution in [0.3, 0.4) is 0 Å². The van der Waals surface area contributed by atoms with Crippen LogP contribution in [-0.2, 0) is 16.2 Å². The third-order valence-electron chi connectivity index (χ3n) is 20.1. The summed E-state index contributed by atoms with van der Waals surface area (Å²) in [6.45, 7) is 18.9. The third kappa shape index (κ3) is 6.49. The molecule has 0 unspecified atom stereocenters. The summed E-state index contributed by atoms with van der Waals surface area (Å²) < 4.78 is 0. The quantitative estimate of drug-likeness (QED) is 0.133. The summed E-state index contributed by atoms with van der Waals surface area (Å²) in [7, 11) is 0. The zero-order valence-electron chi connectivity index (χ0n) is 47.0. The lowest BCUT2D eigenvalue weighted by molar-refractivity contribution is 0.490. The summed E-state index contributed by atoms with van der Waals surface area (Å²) >= 11 is 0. The molecule has 3 aliphatic rings. The maximum atomic E-state index is 2.60. The van der Waals surface area contributed by atoms with Gasteiger partial charge in [0.05, 0.1) is 0 Å². The lowest BCUT2D eigenvalue weighted by atomic mass is 9.72. The van der Waals surface area contributed by atoms with Crippen molar-refractivity contribution < 1.29 is 0 Å². The van der Waals surface area contributed by atoms with Gasteiger partial charge < -0.3 is 0 Å². The molecule has 0 aliphatic heterocycles. The largest absolute Gasteiger partial charge is 0.0642 e. The Morgan fingerprint density at radius 2 is 0.570 bits per heavy atom. The van der Waals surface area contributed by atoms with E-state index in [-0.39, 0.29) is 16.2 Å². The van der Waals surface area contributed by atoms with E-state index in [1.165, 1.54) is 165 Å². The van der Waals surface area contributed by atoms with Crippen LogP contribution in [0.15, 0.2) is 206 Å². The molecule has 0 saturated carbocycles. The van der Waals surface area contributed by atoms with Crippen LogP contribution >= 0.6 is 0 Å². The van der Waals surface area contributed by atoms with E-state index in [2.05, 4.69) is 262 Å². The van der Waals surface area contributed by atoms with Crippen LogP contribution in [0.4, 0.5) is 0 Å². The third-order valence-corrected chi connectivity index (χ3v) is 20.1. The molecular weight excluding hydrogens is 949 g/mol. The van der Waals surface area contributed by atoms with Crippen LogP contribution < -0.4 is 0 Å². The lowest BCUT2D eigenvalue weighted by Crippen LogP contribution is -2.23. The lowest BCUT2D eigenvalue weighted by Gasteiger charge is -2.31. The van der Waals surface area contributed by atoms with Crippen molar-refractivity contribution in [1.82, 2.24) is 0 Å². The van der Waals surface area contributed by atoms with Crippen molar-refractivity contribution in [1.29, 1.82) is 0 Å². The first-order valence-electron chi connectivity index (χ1n) is 29.2. The molecule has 0 atom stereocenters. The van der Waals surface area contributed by atoms with E-state index < -0.39 is 0 Å². The first-order chi connectivity index (χ1) is 38.5. The zero-order chi connectivity index (χ0) is 53.7. The maximum absolute atomic E-state index is 2.60. The van der Waals surface area contributed by atoms with Gasteiger partial charge in [0.15, 0.2) is 0 Å². The number of aryl methyl sites for hydroxylation is 2. The van der Waals surface area contributed by atoms with Crippen molar-refractivity contribution in [2.75, 3.05) is 0 Å². The molecule has 12 aromatic carbocycles. The molecule has 0 radical (unpaired) electrons. The van der Waals surface area contributed by atoms with Gasteiger partial charge in [-0.25, -0.2) is 0 Å². The van der Waals surface area contributed by atoms with Gasteiger partial charge >= 0.3 is 0 Å². The SMILES string of the molecule is CCC1(CC)c2ccccc2-c2ccc(-c3ccc4c(c3)C(CC)(CC)c3cc(-c5c6ccccc6c(-c6c7ccccc7c(-c7ccc8c(c7)C(C)(C)c7ccccc7-8)c7cc(C)ccc67)c6ccc(C)cc56)ccc3-4)cc21. The van der Waals surface area contributed by atoms with E-state index in [0.29, 0.717) is 0 Å². The second kappa shape index (κ2) is 17.3. The molecule has 382 valence electrons. The van der Waals surface area contributed by atoms with Gasteiger partial charge in [-0.2, -0.15) is 0 Å². The summed E-state index contributed by atoms with van der Waals surface area (Å²) in [5.41, 5.74) is 29.7. The second-order valence-corrected chi connectivity index (χ2v) is 24.0. The van der Waals surface area contributed by atoms with Gasteiger partial charge in [-0.05, 0) is 218 Å². The van der Waals surface area contributed by atoms with Crippen LogP contribution in [0, 0.1) is 13.8 Å². The summed E-state index contributed by atoms with van der Waals surface area (Å²) in [5.74, 6) is 0. The Kier molecular flexibility index (Phi) is 10.5. The van der Waals surface area contributed by atoms with Crippen molar-refractivity contribution in [2.24, 2.45) is 0 Å². The van der Waals surface area contributed by atoms with Crippen LogP contribution in [0.2, 0.25) is 0 Å². The topological polar surface area (TPSA) is 0 Å². The number of hydrogen-bond acceptors (Lipinski definition) is 0. The van der Waals surface area contributed by atoms with E-state index >= 15 is 0 Å². The average molecular weight is 1020 g/mol. The molecule has 79 heavy (non-hydrogen) atoms. The molecule has 12 aromatic rings. The molecule has 0 heteroatoms. The molecule has 0 nitrogen and oxygen atoms in total. The van der Waals surface area contributed by atoms with Gasteiger partial charge in [0.25, 0.3) is 0 Å². The molecule has 0 N–H and O–H groups in total. The second-order valence-electron chi connectivity index (χ2n) is 24.0. The predicted octanol–water partition coefficient (Wildman–Crippen LogP) is 22.1. The fraction of sp³-hybridized carbons (Fsp3) is 0.190. The zero-order valence-corrected chi connectivity index (χ0v) is 47.0. The number of benzene rings is 12. The maximum Gasteiger partial charge on any atom is 0.0210 e. The Morgan fingerprint density at radius 3 is 1.03 bits per heavy atom. The minimum Gasteiger partial charge on any atom is -0.0642 e. The summed E-state index contributed by atoms with van der Waals surface area (Å²) in [5, 5.41) is 10.3. The highest BCUT2D eigenvalue weighted by Gasteiger charge is 2.43. The standard InChI is InChI=1S/C79H66/c1-9-78(10-2)68-28-20-18-22-54(68)56-37-31-49(43-70(56)78)50-32-38-57-58-40-34-52(46-72(58)79(11-3,12-4)71(57)44-50)74-60-24-14-16-26-62(60)76(64-36-30-48(6)42-66(64)74)75-61-25-15-13-23-59(61)73(65-41-47(5)29-35-63(65)75)51-33-39-55-53-21-17-19-27-67(53)77(7,8)69(55)45-51/h13-46H,9-12H2,1-8H3. The number of rotatable bonds is 8. The Labute approximate surface area is 466 Å². The average Bonchev–Trinajstić information content (AvgIpc) is 3.90. The summed E-state index contributed by atoms with van der Waals surface area (Å²) in [6.07, 6.45) is 4.23. The Hall–Kier alpha value is -8.32. The highest BCUT2D eigenvalue weighted by Crippen LogP contribution is 2.58. The van der Waals surface area contributed by atoms with Gasteiger partial charge in [-0.3, -0.25) is 0 Å². The minimum absolute atomic E-state index is 0.0350. The fourth-order valence-electron chi connectivity index (χ4n) is 16.1. The van der Waals surface area contributed by atoms with Crippen molar-refractivity contribution in [3.8, 4) is 77.9 Å². The van der Waals surface area contributed by atoms with Crippen molar-refractivity contribution in [3.63, 3.8) is 0 Å². The first-order valence-corrected chi connectivity index (χ1v) is 29.2. The molecule has 0 amide bonds. The molecule has 0 bridgehead atoms. The van der Waals surface area contributed by atoms with Gasteiger partial charge in [-0.1, -0.05) is 235 Å². The molecule has 0 spiro atoms. The Morgan fingerprint density at radius 1 is 0.253 bits per heavy atom. The Balaban J connectivity index is 0.913. The molecule has 0 aromatic heterocycles. The first kappa shape index (κ1) is 47.9. The molecule has 0 fully saturated rings. The van der Waals surface area contributed by atoms with E-state index in [9.17, 15) is 0 Å². The van der Waals surface area contributed by atoms with Crippen LogP contribution in [0.25, 0.3) is 121 Å². The van der Waals surface area contributed by atoms with Gasteiger partial charge in [0.1, 0.15) is 0 Å². The van der Waals surface area contributed by atoms with Gasteiger partial charge in [-0.15, -0.1) is 0 Å². The van der Waals surface area contributed by atoms with Crippen molar-refractivity contribution in [2.45, 2.75) is 97.3 Å². The van der Waals surface area contributed by atoms with E-state index in [1.54, 1.807) is 0 Å². The van der Waals surface area contributed by atoms with Crippen molar-refractivity contribution in [3.05, 3.63) is 251 Å². The van der Waals surface area contributed by atoms with Crippen LogP contribution in [-0.4, -0.2) is 0 Å². The number of fused-ring (bicyclic) bond motifs is 13. The van der Waals surface area contributed by atoms with E-state index in [4.69, 9.17) is 0 Å². The van der Waals surface area contributed by atoms with E-state index in [0.717, 1.165) is 25.7 Å². The monoisotopic (exact) mass is 1010 g/mol. The molecular formula is C79H66. The van der Waals surface area contributed by atoms with Gasteiger partial charge in [0.2, 0.25) is 0 Å². The number of hydrogen-bond donors (Lipinski definition) is 0. The van der Waals surface area contributed by atoms with E-state index in [1.807, 2.05) is 0 Å². The van der Waals surface area contributed by atoms with Crippen molar-refractivity contribution >= 4 is 43.1 Å².